The highest BCUT2D eigenvalue weighted by Gasteiger charge is 2.05. The van der Waals surface area contributed by atoms with Gasteiger partial charge >= 0.3 is 0 Å². The third-order valence-corrected chi connectivity index (χ3v) is 2.82. The van der Waals surface area contributed by atoms with Gasteiger partial charge in [0.25, 0.3) is 0 Å². The Balaban J connectivity index is 2.26. The van der Waals surface area contributed by atoms with Crippen molar-refractivity contribution in [1.29, 1.82) is 0 Å². The maximum absolute atomic E-state index is 5.13. The number of hydrogen-bond acceptors (Lipinski definition) is 4. The predicted octanol–water partition coefficient (Wildman–Crippen LogP) is 2.56. The Morgan fingerprint density at radius 1 is 1.21 bits per heavy atom. The maximum Gasteiger partial charge on any atom is 0.135 e. The molecule has 1 N–H and O–H groups in total. The van der Waals surface area contributed by atoms with Gasteiger partial charge in [-0.1, -0.05) is 29.8 Å². The molecule has 19 heavy (non-hydrogen) atoms. The van der Waals surface area contributed by atoms with Crippen LogP contribution in [0.5, 0.6) is 0 Å². The van der Waals surface area contributed by atoms with Crippen LogP contribution in [0.15, 0.2) is 30.3 Å². The first-order valence-electron chi connectivity index (χ1n) is 6.30. The van der Waals surface area contributed by atoms with Gasteiger partial charge in [0.05, 0.1) is 12.3 Å². The van der Waals surface area contributed by atoms with Gasteiger partial charge in [0.1, 0.15) is 11.6 Å². The average molecular weight is 257 g/mol. The number of ether oxygens (including phenoxy) is 1. The number of hydrogen-bond donors (Lipinski definition) is 1. The molecule has 0 aliphatic carbocycles. The number of methoxy groups -OCH3 is 1. The van der Waals surface area contributed by atoms with Crippen LogP contribution in [0.1, 0.15) is 22.6 Å². The van der Waals surface area contributed by atoms with Gasteiger partial charge in [0.2, 0.25) is 0 Å². The third kappa shape index (κ3) is 3.76. The minimum absolute atomic E-state index is 0.498. The van der Waals surface area contributed by atoms with Crippen LogP contribution in [-0.2, 0) is 17.8 Å². The second-order valence-electron chi connectivity index (χ2n) is 4.51. The molecule has 4 nitrogen and oxygen atoms in total. The van der Waals surface area contributed by atoms with E-state index in [0.717, 1.165) is 23.8 Å². The van der Waals surface area contributed by atoms with Crippen molar-refractivity contribution >= 4 is 5.82 Å². The number of aromatic nitrogens is 2. The molecule has 2 aromatic rings. The van der Waals surface area contributed by atoms with E-state index in [1.165, 1.54) is 11.1 Å². The number of rotatable bonds is 5. The van der Waals surface area contributed by atoms with E-state index in [9.17, 15) is 0 Å². The van der Waals surface area contributed by atoms with Gasteiger partial charge in [-0.2, -0.15) is 0 Å². The first kappa shape index (κ1) is 13.5. The first-order chi connectivity index (χ1) is 9.21. The summed E-state index contributed by atoms with van der Waals surface area (Å²) in [5, 5.41) is 3.06. The predicted molar refractivity (Wildman–Crippen MR) is 76.3 cm³/mol. The summed E-state index contributed by atoms with van der Waals surface area (Å²) in [5.41, 5.74) is 3.36. The third-order valence-electron chi connectivity index (χ3n) is 2.82. The lowest BCUT2D eigenvalue weighted by Crippen LogP contribution is -2.05. The molecule has 0 aliphatic rings. The van der Waals surface area contributed by atoms with Crippen LogP contribution in [-0.4, -0.2) is 24.1 Å². The van der Waals surface area contributed by atoms with Crippen LogP contribution in [0.4, 0.5) is 5.82 Å². The average Bonchev–Trinajstić information content (AvgIpc) is 2.39. The van der Waals surface area contributed by atoms with E-state index in [2.05, 4.69) is 46.5 Å². The van der Waals surface area contributed by atoms with Crippen LogP contribution in [0.25, 0.3) is 0 Å². The Hall–Kier alpha value is -1.94. The molecular weight excluding hydrogens is 238 g/mol. The minimum Gasteiger partial charge on any atom is -0.378 e. The number of nitrogens with zero attached hydrogens (tertiary/aromatic N) is 2. The van der Waals surface area contributed by atoms with Crippen LogP contribution < -0.4 is 5.32 Å². The Labute approximate surface area is 113 Å². The molecule has 0 saturated heterocycles. The zero-order valence-electron chi connectivity index (χ0n) is 11.6. The summed E-state index contributed by atoms with van der Waals surface area (Å²) in [5.74, 6) is 1.63. The molecule has 1 aromatic heterocycles. The smallest absolute Gasteiger partial charge is 0.135 e. The van der Waals surface area contributed by atoms with E-state index < -0.39 is 0 Å². The van der Waals surface area contributed by atoms with Crippen LogP contribution in [0, 0.1) is 6.92 Å². The molecule has 0 radical (unpaired) electrons. The summed E-state index contributed by atoms with van der Waals surface area (Å²) in [4.78, 5) is 9.00. The summed E-state index contributed by atoms with van der Waals surface area (Å²) in [6.07, 6.45) is 0.730. The van der Waals surface area contributed by atoms with Gasteiger partial charge in [-0.15, -0.1) is 0 Å². The van der Waals surface area contributed by atoms with Crippen molar-refractivity contribution in [2.24, 2.45) is 0 Å². The van der Waals surface area contributed by atoms with Crippen molar-refractivity contribution in [3.8, 4) is 0 Å². The SMILES string of the molecule is CNc1cc(COC)nc(Cc2cccc(C)c2)n1. The standard InChI is InChI=1S/C15H19N3O/c1-11-5-4-6-12(7-11)8-15-17-13(10-19-3)9-14(16-2)18-15/h4-7,9H,8,10H2,1-3H3,(H,16,17,18). The van der Waals surface area contributed by atoms with E-state index >= 15 is 0 Å². The van der Waals surface area contributed by atoms with Gasteiger partial charge < -0.3 is 10.1 Å². The normalized spacial score (nSPS) is 10.5. The Morgan fingerprint density at radius 3 is 2.74 bits per heavy atom. The highest BCUT2D eigenvalue weighted by Crippen LogP contribution is 2.12. The molecule has 0 aliphatic heterocycles. The van der Waals surface area contributed by atoms with E-state index in [1.807, 2.05) is 13.1 Å². The van der Waals surface area contributed by atoms with Crippen molar-refractivity contribution in [2.75, 3.05) is 19.5 Å². The van der Waals surface area contributed by atoms with Crippen LogP contribution in [0.3, 0.4) is 0 Å². The molecule has 0 atom stereocenters. The zero-order valence-corrected chi connectivity index (χ0v) is 11.6. The van der Waals surface area contributed by atoms with Gasteiger partial charge in [-0.3, -0.25) is 0 Å². The Kier molecular flexibility index (Phi) is 4.47. The van der Waals surface area contributed by atoms with Crippen molar-refractivity contribution in [3.05, 3.63) is 53.0 Å². The molecule has 1 aromatic carbocycles. The second-order valence-corrected chi connectivity index (χ2v) is 4.51. The fraction of sp³-hybridized carbons (Fsp3) is 0.333. The zero-order chi connectivity index (χ0) is 13.7. The summed E-state index contributed by atoms with van der Waals surface area (Å²) in [7, 11) is 3.52. The number of benzene rings is 1. The monoisotopic (exact) mass is 257 g/mol. The summed E-state index contributed by atoms with van der Waals surface area (Å²) >= 11 is 0. The molecule has 1 heterocycles. The fourth-order valence-electron chi connectivity index (χ4n) is 1.99. The summed E-state index contributed by atoms with van der Waals surface area (Å²) < 4.78 is 5.13. The molecule has 0 fully saturated rings. The van der Waals surface area contributed by atoms with E-state index in [4.69, 9.17) is 4.74 Å². The summed E-state index contributed by atoms with van der Waals surface area (Å²) in [6, 6.07) is 10.3. The highest BCUT2D eigenvalue weighted by molar-refractivity contribution is 5.36. The molecule has 0 saturated carbocycles. The summed E-state index contributed by atoms with van der Waals surface area (Å²) in [6.45, 7) is 2.59. The number of aryl methyl sites for hydroxylation is 1. The van der Waals surface area contributed by atoms with Crippen LogP contribution >= 0.6 is 0 Å². The van der Waals surface area contributed by atoms with E-state index in [-0.39, 0.29) is 0 Å². The lowest BCUT2D eigenvalue weighted by molar-refractivity contribution is 0.181. The topological polar surface area (TPSA) is 47.0 Å². The molecule has 2 rings (SSSR count). The molecule has 0 bridgehead atoms. The highest BCUT2D eigenvalue weighted by atomic mass is 16.5. The molecule has 0 amide bonds. The molecular formula is C15H19N3O. The molecule has 4 heteroatoms. The van der Waals surface area contributed by atoms with E-state index in [0.29, 0.717) is 6.61 Å². The lowest BCUT2D eigenvalue weighted by atomic mass is 10.1. The molecule has 0 spiro atoms. The lowest BCUT2D eigenvalue weighted by Gasteiger charge is -2.08. The Morgan fingerprint density at radius 2 is 2.05 bits per heavy atom. The Bertz CT molecular complexity index is 555. The van der Waals surface area contributed by atoms with E-state index in [1.54, 1.807) is 7.11 Å². The van der Waals surface area contributed by atoms with Crippen molar-refractivity contribution < 1.29 is 4.74 Å². The minimum atomic E-state index is 0.498. The fourth-order valence-corrected chi connectivity index (χ4v) is 1.99. The van der Waals surface area contributed by atoms with Gasteiger partial charge in [-0.05, 0) is 12.5 Å². The molecule has 100 valence electrons. The van der Waals surface area contributed by atoms with Crippen LogP contribution in [0.2, 0.25) is 0 Å². The largest absolute Gasteiger partial charge is 0.378 e. The van der Waals surface area contributed by atoms with Gasteiger partial charge in [0.15, 0.2) is 0 Å². The first-order valence-corrected chi connectivity index (χ1v) is 6.30. The number of anilines is 1. The molecule has 0 unspecified atom stereocenters. The van der Waals surface area contributed by atoms with Crippen molar-refractivity contribution in [1.82, 2.24) is 9.97 Å². The quantitative estimate of drug-likeness (QED) is 0.894. The van der Waals surface area contributed by atoms with Gasteiger partial charge in [0, 0.05) is 26.6 Å². The van der Waals surface area contributed by atoms with Crippen molar-refractivity contribution in [2.45, 2.75) is 20.0 Å². The second kappa shape index (κ2) is 6.29. The van der Waals surface area contributed by atoms with Crippen molar-refractivity contribution in [3.63, 3.8) is 0 Å². The maximum atomic E-state index is 5.13. The van der Waals surface area contributed by atoms with Gasteiger partial charge in [-0.25, -0.2) is 9.97 Å². The number of nitrogens with one attached hydrogen (secondary N) is 1.